The van der Waals surface area contributed by atoms with E-state index in [4.69, 9.17) is 23.2 Å². The van der Waals surface area contributed by atoms with Crippen LogP contribution in [-0.4, -0.2) is 32.9 Å². The summed E-state index contributed by atoms with van der Waals surface area (Å²) in [5.74, 6) is -0.774. The zero-order valence-corrected chi connectivity index (χ0v) is 13.7. The van der Waals surface area contributed by atoms with Crippen LogP contribution in [0.5, 0.6) is 0 Å². The Kier molecular flexibility index (Phi) is 5.30. The van der Waals surface area contributed by atoms with Crippen LogP contribution in [0, 0.1) is 0 Å². The van der Waals surface area contributed by atoms with Crippen molar-refractivity contribution in [2.75, 3.05) is 10.4 Å². The number of benzene rings is 1. The third-order valence-corrected chi connectivity index (χ3v) is 3.26. The first-order chi connectivity index (χ1) is 10.9. The van der Waals surface area contributed by atoms with Gasteiger partial charge in [-0.3, -0.25) is 15.0 Å². The second kappa shape index (κ2) is 7.21. The van der Waals surface area contributed by atoms with Gasteiger partial charge in [0.05, 0.1) is 16.3 Å². The van der Waals surface area contributed by atoms with Crippen molar-refractivity contribution in [3.63, 3.8) is 0 Å². The molecular formula is C13H12Cl2N6O2. The fourth-order valence-corrected chi connectivity index (χ4v) is 2.14. The molecule has 0 atom stereocenters. The molecular weight excluding hydrogens is 343 g/mol. The minimum atomic E-state index is -0.441. The number of hydrogen-bond acceptors (Lipinski definition) is 5. The van der Waals surface area contributed by atoms with Crippen LogP contribution in [0.4, 0.5) is 5.95 Å². The summed E-state index contributed by atoms with van der Waals surface area (Å²) in [7, 11) is 0. The van der Waals surface area contributed by atoms with Gasteiger partial charge in [-0.05, 0) is 12.1 Å². The third-order valence-electron chi connectivity index (χ3n) is 2.60. The first-order valence-electron chi connectivity index (χ1n) is 6.36. The molecule has 2 aromatic rings. The standard InChI is InChI=1S/C13H12Cl2N6O2/c1-8(22)19-20-7-16-18-13(20)21(9(2)23)17-6-10-11(14)4-3-5-12(10)15/h3-7H,1-2H3,(H,19,22). The van der Waals surface area contributed by atoms with Crippen LogP contribution in [0.3, 0.4) is 0 Å². The van der Waals surface area contributed by atoms with E-state index in [0.29, 0.717) is 15.6 Å². The number of nitrogens with one attached hydrogen (secondary N) is 1. The van der Waals surface area contributed by atoms with E-state index in [-0.39, 0.29) is 11.9 Å². The van der Waals surface area contributed by atoms with Gasteiger partial charge in [0.25, 0.3) is 5.95 Å². The van der Waals surface area contributed by atoms with Crippen molar-refractivity contribution in [2.45, 2.75) is 13.8 Å². The molecule has 10 heteroatoms. The molecule has 0 bridgehead atoms. The fraction of sp³-hybridized carbons (Fsp3) is 0.154. The first-order valence-corrected chi connectivity index (χ1v) is 7.12. The van der Waals surface area contributed by atoms with Gasteiger partial charge < -0.3 is 0 Å². The number of hydrazone groups is 1. The topological polar surface area (TPSA) is 92.5 Å². The normalized spacial score (nSPS) is 10.8. The summed E-state index contributed by atoms with van der Waals surface area (Å²) in [6.45, 7) is 2.60. The molecule has 1 heterocycles. The number of halogens is 2. The fourth-order valence-electron chi connectivity index (χ4n) is 1.65. The van der Waals surface area contributed by atoms with Crippen molar-refractivity contribution >= 4 is 47.2 Å². The molecule has 120 valence electrons. The molecule has 8 nitrogen and oxygen atoms in total. The van der Waals surface area contributed by atoms with Crippen LogP contribution >= 0.6 is 23.2 Å². The van der Waals surface area contributed by atoms with Gasteiger partial charge in [-0.2, -0.15) is 10.1 Å². The molecule has 0 aliphatic rings. The van der Waals surface area contributed by atoms with Crippen LogP contribution in [-0.2, 0) is 9.59 Å². The number of hydrogen-bond donors (Lipinski definition) is 1. The van der Waals surface area contributed by atoms with Crippen molar-refractivity contribution in [2.24, 2.45) is 5.10 Å². The van der Waals surface area contributed by atoms with Gasteiger partial charge in [0.2, 0.25) is 11.8 Å². The van der Waals surface area contributed by atoms with Gasteiger partial charge in [-0.1, -0.05) is 29.3 Å². The Hall–Kier alpha value is -2.45. The average Bonchev–Trinajstić information content (AvgIpc) is 2.89. The SMILES string of the molecule is CC(=O)Nn1cnnc1N(N=Cc1c(Cl)cccc1Cl)C(C)=O. The number of carbonyl (C=O) groups is 2. The summed E-state index contributed by atoms with van der Waals surface area (Å²) in [6, 6.07) is 4.98. The number of aromatic nitrogens is 3. The Labute approximate surface area is 141 Å². The number of rotatable bonds is 4. The minimum absolute atomic E-state index is 0.0205. The molecule has 23 heavy (non-hydrogen) atoms. The zero-order valence-electron chi connectivity index (χ0n) is 12.2. The molecule has 1 N–H and O–H groups in total. The Morgan fingerprint density at radius 1 is 1.30 bits per heavy atom. The van der Waals surface area contributed by atoms with Crippen LogP contribution in [0.2, 0.25) is 10.0 Å². The van der Waals surface area contributed by atoms with E-state index in [1.54, 1.807) is 18.2 Å². The van der Waals surface area contributed by atoms with Gasteiger partial charge in [-0.15, -0.1) is 10.2 Å². The number of anilines is 1. The summed E-state index contributed by atoms with van der Waals surface area (Å²) in [4.78, 5) is 23.0. The molecule has 0 fully saturated rings. The molecule has 0 saturated heterocycles. The summed E-state index contributed by atoms with van der Waals surface area (Å²) < 4.78 is 1.18. The molecule has 1 aromatic carbocycles. The highest BCUT2D eigenvalue weighted by molar-refractivity contribution is 6.38. The predicted molar refractivity (Wildman–Crippen MR) is 87.3 cm³/mol. The number of carbonyl (C=O) groups excluding carboxylic acids is 2. The summed E-state index contributed by atoms with van der Waals surface area (Å²) >= 11 is 12.1. The Balaban J connectivity index is 2.37. The first kappa shape index (κ1) is 16.9. The Bertz CT molecular complexity index is 753. The van der Waals surface area contributed by atoms with E-state index in [1.165, 1.54) is 31.1 Å². The second-order valence-electron chi connectivity index (χ2n) is 4.38. The van der Waals surface area contributed by atoms with Gasteiger partial charge in [0.15, 0.2) is 0 Å². The molecule has 2 amide bonds. The maximum Gasteiger partial charge on any atom is 0.274 e. The molecule has 1 aromatic heterocycles. The second-order valence-corrected chi connectivity index (χ2v) is 5.19. The van der Waals surface area contributed by atoms with Gasteiger partial charge >= 0.3 is 0 Å². The van der Waals surface area contributed by atoms with Crippen molar-refractivity contribution in [1.82, 2.24) is 14.9 Å². The maximum absolute atomic E-state index is 11.8. The highest BCUT2D eigenvalue weighted by atomic mass is 35.5. The quantitative estimate of drug-likeness (QED) is 0.671. The summed E-state index contributed by atoms with van der Waals surface area (Å²) in [6.07, 6.45) is 2.57. The molecule has 0 spiro atoms. The van der Waals surface area contributed by atoms with Gasteiger partial charge in [0.1, 0.15) is 6.33 Å². The lowest BCUT2D eigenvalue weighted by atomic mass is 10.2. The monoisotopic (exact) mass is 354 g/mol. The van der Waals surface area contributed by atoms with E-state index in [1.807, 2.05) is 0 Å². The van der Waals surface area contributed by atoms with E-state index in [0.717, 1.165) is 5.01 Å². The highest BCUT2D eigenvalue weighted by Crippen LogP contribution is 2.22. The van der Waals surface area contributed by atoms with E-state index >= 15 is 0 Å². The van der Waals surface area contributed by atoms with Gasteiger partial charge in [0, 0.05) is 19.4 Å². The molecule has 0 aliphatic heterocycles. The highest BCUT2D eigenvalue weighted by Gasteiger charge is 2.18. The van der Waals surface area contributed by atoms with Crippen molar-refractivity contribution in [3.8, 4) is 0 Å². The van der Waals surface area contributed by atoms with Crippen LogP contribution < -0.4 is 10.4 Å². The minimum Gasteiger partial charge on any atom is -0.274 e. The average molecular weight is 355 g/mol. The molecule has 2 rings (SSSR count). The van der Waals surface area contributed by atoms with Crippen LogP contribution in [0.15, 0.2) is 29.6 Å². The van der Waals surface area contributed by atoms with E-state index in [2.05, 4.69) is 20.7 Å². The van der Waals surface area contributed by atoms with E-state index in [9.17, 15) is 9.59 Å². The predicted octanol–water partition coefficient (Wildman–Crippen LogP) is 2.06. The lowest BCUT2D eigenvalue weighted by Crippen LogP contribution is -2.30. The molecule has 0 unspecified atom stereocenters. The number of amides is 2. The zero-order chi connectivity index (χ0) is 17.0. The number of nitrogens with zero attached hydrogens (tertiary/aromatic N) is 5. The Morgan fingerprint density at radius 3 is 2.52 bits per heavy atom. The molecule has 0 radical (unpaired) electrons. The molecule has 0 saturated carbocycles. The van der Waals surface area contributed by atoms with Crippen LogP contribution in [0.25, 0.3) is 0 Å². The molecule has 0 aliphatic carbocycles. The van der Waals surface area contributed by atoms with Crippen molar-refractivity contribution in [3.05, 3.63) is 40.1 Å². The lowest BCUT2D eigenvalue weighted by molar-refractivity contribution is -0.117. The maximum atomic E-state index is 11.8. The van der Waals surface area contributed by atoms with Crippen molar-refractivity contribution < 1.29 is 9.59 Å². The summed E-state index contributed by atoms with van der Waals surface area (Å²) in [5, 5.41) is 13.2. The largest absolute Gasteiger partial charge is 0.274 e. The van der Waals surface area contributed by atoms with Crippen molar-refractivity contribution in [1.29, 1.82) is 0 Å². The van der Waals surface area contributed by atoms with Crippen LogP contribution in [0.1, 0.15) is 19.4 Å². The Morgan fingerprint density at radius 2 is 1.96 bits per heavy atom. The summed E-state index contributed by atoms with van der Waals surface area (Å²) in [5.41, 5.74) is 2.89. The lowest BCUT2D eigenvalue weighted by Gasteiger charge is -2.15. The van der Waals surface area contributed by atoms with E-state index < -0.39 is 5.91 Å². The smallest absolute Gasteiger partial charge is 0.274 e. The van der Waals surface area contributed by atoms with Gasteiger partial charge in [-0.25, -0.2) is 4.68 Å². The third kappa shape index (κ3) is 4.05.